The summed E-state index contributed by atoms with van der Waals surface area (Å²) in [5.74, 6) is -5.13. The number of nitrogens with zero attached hydrogens (tertiary/aromatic N) is 1. The summed E-state index contributed by atoms with van der Waals surface area (Å²) in [5, 5.41) is 2.39. The van der Waals surface area contributed by atoms with Crippen molar-refractivity contribution >= 4 is 11.8 Å². The smallest absolute Gasteiger partial charge is 0.254 e. The van der Waals surface area contributed by atoms with Crippen LogP contribution in [-0.2, 0) is 11.3 Å². The normalized spacial score (nSPS) is 10.4. The van der Waals surface area contributed by atoms with E-state index in [1.54, 1.807) is 12.1 Å². The Balaban J connectivity index is 1.99. The van der Waals surface area contributed by atoms with Gasteiger partial charge in [-0.15, -0.1) is 0 Å². The van der Waals surface area contributed by atoms with Crippen LogP contribution in [0.3, 0.4) is 0 Å². The summed E-state index contributed by atoms with van der Waals surface area (Å²) in [7, 11) is 1.52. The zero-order chi connectivity index (χ0) is 20.0. The molecule has 0 unspecified atom stereocenters. The molecule has 2 rings (SSSR count). The van der Waals surface area contributed by atoms with Gasteiger partial charge in [-0.25, -0.2) is 13.2 Å². The van der Waals surface area contributed by atoms with Crippen LogP contribution in [0.2, 0.25) is 0 Å². The Kier molecular flexibility index (Phi) is 6.81. The van der Waals surface area contributed by atoms with Crippen LogP contribution in [0.15, 0.2) is 36.4 Å². The fourth-order valence-electron chi connectivity index (χ4n) is 2.49. The molecule has 0 aromatic heterocycles. The second-order valence-electron chi connectivity index (χ2n) is 5.73. The van der Waals surface area contributed by atoms with Gasteiger partial charge < -0.3 is 15.0 Å². The Bertz CT molecular complexity index is 843. The van der Waals surface area contributed by atoms with Crippen molar-refractivity contribution in [1.82, 2.24) is 10.2 Å². The number of amides is 2. The first-order valence-electron chi connectivity index (χ1n) is 8.14. The summed E-state index contributed by atoms with van der Waals surface area (Å²) in [4.78, 5) is 25.3. The van der Waals surface area contributed by atoms with Gasteiger partial charge in [0.2, 0.25) is 5.91 Å². The molecule has 0 aliphatic rings. The van der Waals surface area contributed by atoms with Crippen LogP contribution in [0.1, 0.15) is 22.8 Å². The van der Waals surface area contributed by atoms with Gasteiger partial charge >= 0.3 is 0 Å². The highest BCUT2D eigenvalue weighted by Crippen LogP contribution is 2.19. The number of halogens is 3. The molecule has 2 aromatic carbocycles. The summed E-state index contributed by atoms with van der Waals surface area (Å²) < 4.78 is 45.1. The standard InChI is InChI=1S/C19H19F3N2O3/c1-12(25)24(11-13-5-3-4-6-16(13)27-2)10-9-23-19(26)14-7-8-15(20)18(22)17(14)21/h3-8H,9-11H2,1-2H3,(H,23,26). The molecule has 0 fully saturated rings. The van der Waals surface area contributed by atoms with Crippen LogP contribution < -0.4 is 10.1 Å². The summed E-state index contributed by atoms with van der Waals surface area (Å²) in [6, 6.07) is 8.73. The van der Waals surface area contributed by atoms with Crippen molar-refractivity contribution in [2.75, 3.05) is 20.2 Å². The third-order valence-corrected chi connectivity index (χ3v) is 3.95. The number of para-hydroxylation sites is 1. The number of nitrogens with one attached hydrogen (secondary N) is 1. The van der Waals surface area contributed by atoms with E-state index in [9.17, 15) is 22.8 Å². The third-order valence-electron chi connectivity index (χ3n) is 3.95. The quantitative estimate of drug-likeness (QED) is 0.752. The van der Waals surface area contributed by atoms with Crippen molar-refractivity contribution in [1.29, 1.82) is 0 Å². The average Bonchev–Trinajstić information content (AvgIpc) is 2.65. The molecule has 2 aromatic rings. The highest BCUT2D eigenvalue weighted by atomic mass is 19.2. The fraction of sp³-hybridized carbons (Fsp3) is 0.263. The second kappa shape index (κ2) is 9.07. The van der Waals surface area contributed by atoms with Crippen molar-refractivity contribution in [3.8, 4) is 5.75 Å². The van der Waals surface area contributed by atoms with Crippen LogP contribution in [0.5, 0.6) is 5.75 Å². The number of rotatable bonds is 7. The predicted octanol–water partition coefficient (Wildman–Crippen LogP) is 2.89. The number of methoxy groups -OCH3 is 1. The average molecular weight is 380 g/mol. The van der Waals surface area contributed by atoms with E-state index in [0.29, 0.717) is 11.8 Å². The molecule has 1 N–H and O–H groups in total. The Morgan fingerprint density at radius 1 is 1.07 bits per heavy atom. The lowest BCUT2D eigenvalue weighted by atomic mass is 10.1. The summed E-state index contributed by atoms with van der Waals surface area (Å²) in [6.07, 6.45) is 0. The molecular weight excluding hydrogens is 361 g/mol. The van der Waals surface area contributed by atoms with Gasteiger partial charge in [0, 0.05) is 32.1 Å². The molecule has 5 nitrogen and oxygen atoms in total. The third kappa shape index (κ3) is 4.99. The van der Waals surface area contributed by atoms with Gasteiger partial charge in [0.1, 0.15) is 5.75 Å². The molecule has 2 amide bonds. The molecule has 0 spiro atoms. The summed E-state index contributed by atoms with van der Waals surface area (Å²) >= 11 is 0. The van der Waals surface area contributed by atoms with Crippen molar-refractivity contribution in [2.45, 2.75) is 13.5 Å². The number of carbonyl (C=O) groups is 2. The van der Waals surface area contributed by atoms with E-state index in [2.05, 4.69) is 5.32 Å². The second-order valence-corrected chi connectivity index (χ2v) is 5.73. The van der Waals surface area contributed by atoms with E-state index in [1.807, 2.05) is 12.1 Å². The first-order valence-corrected chi connectivity index (χ1v) is 8.14. The molecule has 0 heterocycles. The number of hydrogen-bond donors (Lipinski definition) is 1. The van der Waals surface area contributed by atoms with Gasteiger partial charge in [-0.3, -0.25) is 9.59 Å². The minimum absolute atomic E-state index is 0.00595. The number of hydrogen-bond acceptors (Lipinski definition) is 3. The van der Waals surface area contributed by atoms with Crippen LogP contribution in [0.25, 0.3) is 0 Å². The van der Waals surface area contributed by atoms with Gasteiger partial charge in [0.05, 0.1) is 12.7 Å². The molecule has 27 heavy (non-hydrogen) atoms. The Labute approximate surface area is 154 Å². The summed E-state index contributed by atoms with van der Waals surface area (Å²) in [6.45, 7) is 1.79. The highest BCUT2D eigenvalue weighted by molar-refractivity contribution is 5.94. The maximum absolute atomic E-state index is 13.6. The van der Waals surface area contributed by atoms with E-state index in [4.69, 9.17) is 4.74 Å². The zero-order valence-corrected chi connectivity index (χ0v) is 14.9. The topological polar surface area (TPSA) is 58.6 Å². The lowest BCUT2D eigenvalue weighted by molar-refractivity contribution is -0.129. The SMILES string of the molecule is COc1ccccc1CN(CCNC(=O)c1ccc(F)c(F)c1F)C(C)=O. The molecule has 0 bridgehead atoms. The van der Waals surface area contributed by atoms with Crippen LogP contribution in [0, 0.1) is 17.5 Å². The fourth-order valence-corrected chi connectivity index (χ4v) is 2.49. The zero-order valence-electron chi connectivity index (χ0n) is 14.9. The number of benzene rings is 2. The molecule has 0 radical (unpaired) electrons. The Hall–Kier alpha value is -3.03. The van der Waals surface area contributed by atoms with Crippen LogP contribution >= 0.6 is 0 Å². The predicted molar refractivity (Wildman–Crippen MR) is 92.7 cm³/mol. The Morgan fingerprint density at radius 2 is 1.78 bits per heavy atom. The van der Waals surface area contributed by atoms with Crippen LogP contribution in [0.4, 0.5) is 13.2 Å². The summed E-state index contributed by atoms with van der Waals surface area (Å²) in [5.41, 5.74) is 0.182. The van der Waals surface area contributed by atoms with Gasteiger partial charge in [0.25, 0.3) is 5.91 Å². The van der Waals surface area contributed by atoms with Crippen molar-refractivity contribution in [2.24, 2.45) is 0 Å². The van der Waals surface area contributed by atoms with E-state index >= 15 is 0 Å². The largest absolute Gasteiger partial charge is 0.496 e. The first-order chi connectivity index (χ1) is 12.8. The molecule has 0 atom stereocenters. The minimum atomic E-state index is -1.70. The van der Waals surface area contributed by atoms with Crippen molar-refractivity contribution in [3.05, 3.63) is 65.0 Å². The van der Waals surface area contributed by atoms with E-state index < -0.39 is 28.9 Å². The van der Waals surface area contributed by atoms with Gasteiger partial charge in [-0.05, 0) is 18.2 Å². The molecule has 0 aliphatic heterocycles. The van der Waals surface area contributed by atoms with Gasteiger partial charge in [-0.2, -0.15) is 0 Å². The van der Waals surface area contributed by atoms with Gasteiger partial charge in [-0.1, -0.05) is 18.2 Å². The molecule has 0 saturated carbocycles. The highest BCUT2D eigenvalue weighted by Gasteiger charge is 2.19. The molecular formula is C19H19F3N2O3. The van der Waals surface area contributed by atoms with E-state index in [-0.39, 0.29) is 25.5 Å². The maximum atomic E-state index is 13.6. The molecule has 144 valence electrons. The van der Waals surface area contributed by atoms with E-state index in [0.717, 1.165) is 11.6 Å². The molecule has 0 saturated heterocycles. The van der Waals surface area contributed by atoms with Crippen molar-refractivity contribution < 1.29 is 27.5 Å². The van der Waals surface area contributed by atoms with Gasteiger partial charge in [0.15, 0.2) is 17.5 Å². The lowest BCUT2D eigenvalue weighted by Gasteiger charge is -2.22. The maximum Gasteiger partial charge on any atom is 0.254 e. The number of carbonyl (C=O) groups excluding carboxylic acids is 2. The Morgan fingerprint density at radius 3 is 2.44 bits per heavy atom. The lowest BCUT2D eigenvalue weighted by Crippen LogP contribution is -2.37. The molecule has 0 aliphatic carbocycles. The number of ether oxygens (including phenoxy) is 1. The van der Waals surface area contributed by atoms with Crippen LogP contribution in [-0.4, -0.2) is 36.9 Å². The monoisotopic (exact) mass is 380 g/mol. The van der Waals surface area contributed by atoms with E-state index in [1.165, 1.54) is 18.9 Å². The molecule has 8 heteroatoms. The van der Waals surface area contributed by atoms with Crippen molar-refractivity contribution in [3.63, 3.8) is 0 Å². The minimum Gasteiger partial charge on any atom is -0.496 e. The first kappa shape index (κ1) is 20.3.